The predicted octanol–water partition coefficient (Wildman–Crippen LogP) is 1.48. The van der Waals surface area contributed by atoms with E-state index in [1.54, 1.807) is 16.9 Å². The molecule has 19 heavy (non-hydrogen) atoms. The van der Waals surface area contributed by atoms with Crippen LogP contribution in [0, 0.1) is 0 Å². The summed E-state index contributed by atoms with van der Waals surface area (Å²) in [6.07, 6.45) is 4.91. The van der Waals surface area contributed by atoms with E-state index in [0.717, 1.165) is 31.5 Å². The van der Waals surface area contributed by atoms with Gasteiger partial charge in [-0.1, -0.05) is 13.8 Å². The summed E-state index contributed by atoms with van der Waals surface area (Å²) >= 11 is 0. The highest BCUT2D eigenvalue weighted by atomic mass is 16.1. The van der Waals surface area contributed by atoms with E-state index in [4.69, 9.17) is 0 Å². The lowest BCUT2D eigenvalue weighted by Crippen LogP contribution is -2.29. The van der Waals surface area contributed by atoms with Gasteiger partial charge >= 0.3 is 0 Å². The minimum Gasteiger partial charge on any atom is -0.376 e. The van der Waals surface area contributed by atoms with E-state index in [-0.39, 0.29) is 5.56 Å². The minimum absolute atomic E-state index is 0.0253. The summed E-state index contributed by atoms with van der Waals surface area (Å²) in [4.78, 5) is 13.8. The van der Waals surface area contributed by atoms with E-state index < -0.39 is 0 Å². The molecule has 0 bridgehead atoms. The fraction of sp³-hybridized carbons (Fsp3) is 0.714. The molecule has 1 N–H and O–H groups in total. The Balaban J connectivity index is 2.52. The molecule has 0 aromatic carbocycles. The molecule has 1 heterocycles. The monoisotopic (exact) mass is 266 g/mol. The van der Waals surface area contributed by atoms with Crippen LogP contribution < -0.4 is 15.8 Å². The SMILES string of the molecule is CCNC(CC)CCCn1ncc(N(C)C)cc1=O. The van der Waals surface area contributed by atoms with Crippen LogP contribution in [0.15, 0.2) is 17.1 Å². The summed E-state index contributed by atoms with van der Waals surface area (Å²) < 4.78 is 1.55. The molecule has 5 heteroatoms. The first kappa shape index (κ1) is 15.7. The van der Waals surface area contributed by atoms with Crippen molar-refractivity contribution in [2.24, 2.45) is 0 Å². The number of aromatic nitrogens is 2. The van der Waals surface area contributed by atoms with Gasteiger partial charge < -0.3 is 10.2 Å². The highest BCUT2D eigenvalue weighted by molar-refractivity contribution is 5.40. The van der Waals surface area contributed by atoms with Gasteiger partial charge in [0.2, 0.25) is 0 Å². The van der Waals surface area contributed by atoms with Crippen molar-refractivity contribution in [3.8, 4) is 0 Å². The van der Waals surface area contributed by atoms with E-state index in [9.17, 15) is 4.79 Å². The van der Waals surface area contributed by atoms with Crippen molar-refractivity contribution in [2.75, 3.05) is 25.5 Å². The molecule has 0 aliphatic rings. The van der Waals surface area contributed by atoms with E-state index >= 15 is 0 Å². The Bertz CT molecular complexity index is 428. The third-order valence-electron chi connectivity index (χ3n) is 3.28. The van der Waals surface area contributed by atoms with Crippen molar-refractivity contribution in [3.63, 3.8) is 0 Å². The molecule has 1 aromatic rings. The van der Waals surface area contributed by atoms with Gasteiger partial charge in [-0.2, -0.15) is 5.10 Å². The zero-order valence-corrected chi connectivity index (χ0v) is 12.5. The molecule has 0 aliphatic heterocycles. The van der Waals surface area contributed by atoms with E-state index in [2.05, 4.69) is 24.3 Å². The molecule has 0 fully saturated rings. The molecular weight excluding hydrogens is 240 g/mol. The maximum absolute atomic E-state index is 11.9. The summed E-state index contributed by atoms with van der Waals surface area (Å²) in [6, 6.07) is 2.18. The summed E-state index contributed by atoms with van der Waals surface area (Å²) in [5, 5.41) is 7.65. The first-order valence-corrected chi connectivity index (χ1v) is 7.06. The van der Waals surface area contributed by atoms with Crippen LogP contribution >= 0.6 is 0 Å². The first-order valence-electron chi connectivity index (χ1n) is 7.06. The summed E-state index contributed by atoms with van der Waals surface area (Å²) in [7, 11) is 3.81. The standard InChI is InChI=1S/C14H26N4O/c1-5-12(15-6-2)8-7-9-18-14(19)10-13(11-16-18)17(3)4/h10-12,15H,5-9H2,1-4H3. The fourth-order valence-electron chi connectivity index (χ4n) is 2.06. The Hall–Kier alpha value is -1.36. The molecule has 0 amide bonds. The summed E-state index contributed by atoms with van der Waals surface area (Å²) in [5.74, 6) is 0. The predicted molar refractivity (Wildman–Crippen MR) is 79.8 cm³/mol. The quantitative estimate of drug-likeness (QED) is 0.774. The van der Waals surface area contributed by atoms with Gasteiger partial charge in [-0.25, -0.2) is 4.68 Å². The number of hydrogen-bond donors (Lipinski definition) is 1. The molecule has 1 rings (SSSR count). The van der Waals surface area contributed by atoms with Crippen LogP contribution in [-0.4, -0.2) is 36.5 Å². The second-order valence-corrected chi connectivity index (χ2v) is 4.97. The fourth-order valence-corrected chi connectivity index (χ4v) is 2.06. The number of nitrogens with one attached hydrogen (secondary N) is 1. The van der Waals surface area contributed by atoms with Crippen LogP contribution in [0.25, 0.3) is 0 Å². The highest BCUT2D eigenvalue weighted by Crippen LogP contribution is 2.05. The zero-order valence-electron chi connectivity index (χ0n) is 12.5. The van der Waals surface area contributed by atoms with Gasteiger partial charge in [0.25, 0.3) is 5.56 Å². The molecule has 0 radical (unpaired) electrons. The third kappa shape index (κ3) is 5.03. The maximum atomic E-state index is 11.9. The number of anilines is 1. The molecule has 1 aromatic heterocycles. The Labute approximate surface area is 115 Å². The van der Waals surface area contributed by atoms with Gasteiger partial charge in [0.15, 0.2) is 0 Å². The Morgan fingerprint density at radius 1 is 1.42 bits per heavy atom. The molecule has 1 atom stereocenters. The van der Waals surface area contributed by atoms with Crippen LogP contribution in [0.1, 0.15) is 33.1 Å². The first-order chi connectivity index (χ1) is 9.08. The van der Waals surface area contributed by atoms with Crippen molar-refractivity contribution in [2.45, 2.75) is 45.7 Å². The van der Waals surface area contributed by atoms with Crippen molar-refractivity contribution in [1.29, 1.82) is 0 Å². The van der Waals surface area contributed by atoms with E-state index in [1.807, 2.05) is 19.0 Å². The Morgan fingerprint density at radius 2 is 2.16 bits per heavy atom. The van der Waals surface area contributed by atoms with Crippen LogP contribution in [0.3, 0.4) is 0 Å². The molecule has 0 aliphatic carbocycles. The Kier molecular flexibility index (Phi) is 6.56. The number of rotatable bonds is 8. The molecular formula is C14H26N4O. The zero-order chi connectivity index (χ0) is 14.3. The lowest BCUT2D eigenvalue weighted by atomic mass is 10.1. The van der Waals surface area contributed by atoms with Gasteiger partial charge in [0.1, 0.15) is 0 Å². The molecule has 0 saturated carbocycles. The molecule has 5 nitrogen and oxygen atoms in total. The van der Waals surface area contributed by atoms with Crippen molar-refractivity contribution < 1.29 is 0 Å². The van der Waals surface area contributed by atoms with Crippen molar-refractivity contribution >= 4 is 5.69 Å². The highest BCUT2D eigenvalue weighted by Gasteiger charge is 2.05. The second kappa shape index (κ2) is 7.94. The maximum Gasteiger partial charge on any atom is 0.268 e. The van der Waals surface area contributed by atoms with E-state index in [0.29, 0.717) is 12.6 Å². The molecule has 0 spiro atoms. The smallest absolute Gasteiger partial charge is 0.268 e. The van der Waals surface area contributed by atoms with Crippen LogP contribution in [-0.2, 0) is 6.54 Å². The normalized spacial score (nSPS) is 12.4. The summed E-state index contributed by atoms with van der Waals surface area (Å²) in [5.41, 5.74) is 0.822. The van der Waals surface area contributed by atoms with Gasteiger partial charge in [-0.15, -0.1) is 0 Å². The van der Waals surface area contributed by atoms with Crippen LogP contribution in [0.4, 0.5) is 5.69 Å². The average Bonchev–Trinajstić information content (AvgIpc) is 2.39. The second-order valence-electron chi connectivity index (χ2n) is 4.97. The van der Waals surface area contributed by atoms with Gasteiger partial charge in [-0.05, 0) is 25.8 Å². The lowest BCUT2D eigenvalue weighted by molar-refractivity contribution is 0.433. The number of aryl methyl sites for hydroxylation is 1. The molecule has 108 valence electrons. The Morgan fingerprint density at radius 3 is 2.68 bits per heavy atom. The minimum atomic E-state index is -0.0253. The molecule has 0 saturated heterocycles. The van der Waals surface area contributed by atoms with Crippen molar-refractivity contribution in [1.82, 2.24) is 15.1 Å². The van der Waals surface area contributed by atoms with E-state index in [1.165, 1.54) is 0 Å². The summed E-state index contributed by atoms with van der Waals surface area (Å²) in [6.45, 7) is 5.99. The molecule has 1 unspecified atom stereocenters. The van der Waals surface area contributed by atoms with Gasteiger partial charge in [0, 0.05) is 32.7 Å². The van der Waals surface area contributed by atoms with Crippen molar-refractivity contribution in [3.05, 3.63) is 22.6 Å². The number of nitrogens with zero attached hydrogens (tertiary/aromatic N) is 3. The van der Waals surface area contributed by atoms with Crippen LogP contribution in [0.2, 0.25) is 0 Å². The lowest BCUT2D eigenvalue weighted by Gasteiger charge is -2.16. The average molecular weight is 266 g/mol. The van der Waals surface area contributed by atoms with Gasteiger partial charge in [0.05, 0.1) is 11.9 Å². The largest absolute Gasteiger partial charge is 0.376 e. The topological polar surface area (TPSA) is 50.2 Å². The third-order valence-corrected chi connectivity index (χ3v) is 3.28. The number of hydrogen-bond acceptors (Lipinski definition) is 4. The van der Waals surface area contributed by atoms with Gasteiger partial charge in [-0.3, -0.25) is 4.79 Å². The van der Waals surface area contributed by atoms with Crippen LogP contribution in [0.5, 0.6) is 0 Å².